The van der Waals surface area contributed by atoms with Crippen molar-refractivity contribution in [3.05, 3.63) is 22.3 Å². The molecule has 8 nitrogen and oxygen atoms in total. The Morgan fingerprint density at radius 1 is 1.08 bits per heavy atom. The van der Waals surface area contributed by atoms with Gasteiger partial charge in [-0.15, -0.1) is 0 Å². The molecule has 2 unspecified atom stereocenters. The molecule has 4 fully saturated rings. The van der Waals surface area contributed by atoms with Crippen molar-refractivity contribution in [2.45, 2.75) is 55.5 Å². The van der Waals surface area contributed by atoms with E-state index in [1.165, 1.54) is 0 Å². The molecule has 16 heteroatoms. The van der Waals surface area contributed by atoms with E-state index in [1.807, 2.05) is 6.07 Å². The van der Waals surface area contributed by atoms with Crippen LogP contribution in [-0.4, -0.2) is 48.5 Å². The molecule has 210 valence electrons. The zero-order valence-electron chi connectivity index (χ0n) is 19.1. The van der Waals surface area contributed by atoms with Gasteiger partial charge in [0, 0.05) is 19.0 Å². The lowest BCUT2D eigenvalue weighted by molar-refractivity contribution is -0.294. The SMILES string of the molecule is O=C1OC2(Oc3c(I)cc(I)c(I)c31)C1CC3CC2CC(C(=O)OCCC(F)(F)C(F)(F)S(=O)(=O)O)(C3)C1. The summed E-state index contributed by atoms with van der Waals surface area (Å²) in [5, 5.41) is -5.73. The summed E-state index contributed by atoms with van der Waals surface area (Å²) >= 11 is 6.28. The number of esters is 2. The van der Waals surface area contributed by atoms with Gasteiger partial charge in [0.05, 0.1) is 22.0 Å². The third kappa shape index (κ3) is 4.35. The maximum Gasteiger partial charge on any atom is 0.431 e. The Morgan fingerprint density at radius 3 is 2.26 bits per heavy atom. The normalized spacial score (nSPS) is 32.1. The van der Waals surface area contributed by atoms with E-state index in [2.05, 4.69) is 67.8 Å². The minimum atomic E-state index is -6.38. The van der Waals surface area contributed by atoms with Crippen LogP contribution in [0.1, 0.15) is 48.9 Å². The molecular weight excluding hydrogens is 881 g/mol. The molecule has 0 amide bonds. The molecule has 0 aromatic heterocycles. The molecule has 1 heterocycles. The maximum absolute atomic E-state index is 13.8. The van der Waals surface area contributed by atoms with Crippen LogP contribution in [0.2, 0.25) is 0 Å². The predicted octanol–water partition coefficient (Wildman–Crippen LogP) is 5.62. The first-order chi connectivity index (χ1) is 17.4. The van der Waals surface area contributed by atoms with Crippen molar-refractivity contribution in [3.8, 4) is 5.75 Å². The maximum atomic E-state index is 13.8. The van der Waals surface area contributed by atoms with Crippen molar-refractivity contribution in [3.63, 3.8) is 0 Å². The van der Waals surface area contributed by atoms with Gasteiger partial charge in [0.1, 0.15) is 5.56 Å². The van der Waals surface area contributed by atoms with Gasteiger partial charge in [0.15, 0.2) is 5.75 Å². The van der Waals surface area contributed by atoms with Crippen molar-refractivity contribution in [2.75, 3.05) is 6.61 Å². The zero-order valence-corrected chi connectivity index (χ0v) is 26.4. The van der Waals surface area contributed by atoms with Gasteiger partial charge >= 0.3 is 33.2 Å². The van der Waals surface area contributed by atoms with Gasteiger partial charge in [-0.1, -0.05) is 0 Å². The van der Waals surface area contributed by atoms with Crippen LogP contribution in [0.5, 0.6) is 5.75 Å². The lowest BCUT2D eigenvalue weighted by Crippen LogP contribution is -2.67. The van der Waals surface area contributed by atoms with Crippen LogP contribution in [0.3, 0.4) is 0 Å². The van der Waals surface area contributed by atoms with Gasteiger partial charge in [-0.2, -0.15) is 26.0 Å². The fourth-order valence-electron chi connectivity index (χ4n) is 6.51. The first-order valence-electron chi connectivity index (χ1n) is 11.4. The fourth-order valence-corrected chi connectivity index (χ4v) is 9.47. The van der Waals surface area contributed by atoms with E-state index in [0.717, 1.165) is 7.14 Å². The van der Waals surface area contributed by atoms with E-state index in [1.54, 1.807) is 0 Å². The summed E-state index contributed by atoms with van der Waals surface area (Å²) in [5.41, 5.74) is -0.746. The minimum absolute atomic E-state index is 0.0654. The minimum Gasteiger partial charge on any atom is -0.465 e. The largest absolute Gasteiger partial charge is 0.465 e. The standard InChI is InChI=1S/C22H19F4I3O8S/c23-20(24,22(25,26)38(32,33)34)1-2-35-18(31)19-6-9-3-10(7-19)21(11(4-9)8-19)36-16-13(28)5-12(27)15(29)14(16)17(30)37-21/h5,9-11H,1-4,6-8H2,(H,32,33,34). The number of carbonyl (C=O) groups excluding carboxylic acids is 2. The van der Waals surface area contributed by atoms with Gasteiger partial charge in [0.2, 0.25) is 0 Å². The van der Waals surface area contributed by atoms with Gasteiger partial charge in [-0.3, -0.25) is 9.35 Å². The molecule has 6 rings (SSSR count). The van der Waals surface area contributed by atoms with E-state index in [-0.39, 0.29) is 30.6 Å². The highest BCUT2D eigenvalue weighted by Gasteiger charge is 2.70. The van der Waals surface area contributed by atoms with Crippen LogP contribution in [0.4, 0.5) is 17.6 Å². The van der Waals surface area contributed by atoms with Crippen molar-refractivity contribution in [2.24, 2.45) is 23.2 Å². The van der Waals surface area contributed by atoms with Gasteiger partial charge in [0.25, 0.3) is 5.79 Å². The molecule has 4 bridgehead atoms. The van der Waals surface area contributed by atoms with Crippen LogP contribution >= 0.6 is 67.8 Å². The number of ether oxygens (including phenoxy) is 3. The van der Waals surface area contributed by atoms with E-state index < -0.39 is 57.5 Å². The molecule has 4 aliphatic carbocycles. The lowest BCUT2D eigenvalue weighted by atomic mass is 9.47. The first kappa shape index (κ1) is 29.3. The number of benzene rings is 1. The number of alkyl halides is 4. The molecule has 4 saturated carbocycles. The average molecular weight is 900 g/mol. The molecule has 0 radical (unpaired) electrons. The smallest absolute Gasteiger partial charge is 0.431 e. The summed E-state index contributed by atoms with van der Waals surface area (Å²) in [7, 11) is -6.38. The zero-order chi connectivity index (χ0) is 28.1. The van der Waals surface area contributed by atoms with Crippen LogP contribution in [0, 0.1) is 33.9 Å². The summed E-state index contributed by atoms with van der Waals surface area (Å²) in [4.78, 5) is 26.3. The van der Waals surface area contributed by atoms with Crippen LogP contribution < -0.4 is 4.74 Å². The Bertz CT molecular complexity index is 1320. The Morgan fingerprint density at radius 2 is 1.68 bits per heavy atom. The van der Waals surface area contributed by atoms with Crippen LogP contribution in [-0.2, 0) is 24.4 Å². The van der Waals surface area contributed by atoms with E-state index in [0.29, 0.717) is 34.1 Å². The quantitative estimate of drug-likeness (QED) is 0.129. The highest BCUT2D eigenvalue weighted by atomic mass is 127. The molecule has 1 spiro atoms. The number of rotatable bonds is 6. The lowest BCUT2D eigenvalue weighted by Gasteiger charge is -2.62. The third-order valence-corrected chi connectivity index (χ3v) is 12.8. The number of hydrogen-bond donors (Lipinski definition) is 1. The number of fused-ring (bicyclic) bond motifs is 1. The van der Waals surface area contributed by atoms with Crippen molar-refractivity contribution < 1.29 is 54.3 Å². The van der Waals surface area contributed by atoms with Gasteiger partial charge in [-0.25, -0.2) is 4.79 Å². The Labute approximate surface area is 255 Å². The van der Waals surface area contributed by atoms with E-state index >= 15 is 0 Å². The van der Waals surface area contributed by atoms with Gasteiger partial charge < -0.3 is 14.2 Å². The Balaban J connectivity index is 1.34. The molecule has 38 heavy (non-hydrogen) atoms. The number of carbonyl (C=O) groups is 2. The van der Waals surface area contributed by atoms with Gasteiger partial charge in [-0.05, 0) is 112 Å². The second kappa shape index (κ2) is 9.40. The van der Waals surface area contributed by atoms with E-state index in [9.17, 15) is 35.6 Å². The third-order valence-electron chi connectivity index (χ3n) is 8.00. The van der Waals surface area contributed by atoms with Crippen molar-refractivity contribution in [1.82, 2.24) is 0 Å². The number of hydrogen-bond acceptors (Lipinski definition) is 7. The summed E-state index contributed by atoms with van der Waals surface area (Å²) < 4.78 is 104. The summed E-state index contributed by atoms with van der Waals surface area (Å²) in [6.07, 6.45) is 0.226. The van der Waals surface area contributed by atoms with Crippen LogP contribution in [0.15, 0.2) is 6.07 Å². The molecular formula is C22H19F4I3O8S. The highest BCUT2D eigenvalue weighted by Crippen LogP contribution is 2.66. The highest BCUT2D eigenvalue weighted by molar-refractivity contribution is 14.1. The second-order valence-corrected chi connectivity index (χ2v) is 15.1. The Hall–Kier alpha value is -0.220. The average Bonchev–Trinajstić information content (AvgIpc) is 2.79. The fraction of sp³-hybridized carbons (Fsp3) is 0.636. The molecule has 1 aromatic rings. The van der Waals surface area contributed by atoms with E-state index in [4.69, 9.17) is 18.8 Å². The molecule has 1 N–H and O–H groups in total. The van der Waals surface area contributed by atoms with Crippen LogP contribution in [0.25, 0.3) is 0 Å². The summed E-state index contributed by atoms with van der Waals surface area (Å²) in [6, 6.07) is 1.89. The number of halogens is 7. The Kier molecular flexibility index (Phi) is 7.24. The molecule has 0 saturated heterocycles. The summed E-state index contributed by atoms with van der Waals surface area (Å²) in [5.74, 6) is -8.07. The first-order valence-corrected chi connectivity index (χ1v) is 16.1. The molecule has 1 aromatic carbocycles. The molecule has 1 aliphatic heterocycles. The van der Waals surface area contributed by atoms with Crippen molar-refractivity contribution in [1.29, 1.82) is 0 Å². The monoisotopic (exact) mass is 900 g/mol. The van der Waals surface area contributed by atoms with Crippen molar-refractivity contribution >= 4 is 89.8 Å². The second-order valence-electron chi connectivity index (χ2n) is 10.3. The molecule has 5 aliphatic rings. The summed E-state index contributed by atoms with van der Waals surface area (Å²) in [6.45, 7) is -1.17. The molecule has 2 atom stereocenters. The predicted molar refractivity (Wildman–Crippen MR) is 146 cm³/mol. The topological polar surface area (TPSA) is 116 Å².